The van der Waals surface area contributed by atoms with E-state index in [0.29, 0.717) is 0 Å². The molecule has 0 fully saturated rings. The molecule has 0 saturated carbocycles. The zero-order chi connectivity index (χ0) is 10.8. The lowest BCUT2D eigenvalue weighted by Gasteiger charge is -2.03. The molecular formula is C9H10O4S. The van der Waals surface area contributed by atoms with Crippen LogP contribution in [-0.2, 0) is 14.9 Å². The van der Waals surface area contributed by atoms with Gasteiger partial charge in [-0.15, -0.1) is 0 Å². The van der Waals surface area contributed by atoms with E-state index in [2.05, 4.69) is 4.18 Å². The Balaban J connectivity index is 2.90. The maximum Gasteiger partial charge on any atom is 0.373 e. The SMILES string of the molecule is CC(=O)S(=O)(=O)Oc1ccc(C)cc1. The highest BCUT2D eigenvalue weighted by molar-refractivity contribution is 8.02. The molecule has 0 spiro atoms. The number of benzene rings is 1. The van der Waals surface area contributed by atoms with Gasteiger partial charge in [0.25, 0.3) is 5.12 Å². The van der Waals surface area contributed by atoms with Crippen molar-refractivity contribution < 1.29 is 17.4 Å². The van der Waals surface area contributed by atoms with Gasteiger partial charge in [-0.25, -0.2) is 0 Å². The summed E-state index contributed by atoms with van der Waals surface area (Å²) in [4.78, 5) is 10.6. The van der Waals surface area contributed by atoms with Gasteiger partial charge in [-0.05, 0) is 19.1 Å². The molecule has 14 heavy (non-hydrogen) atoms. The molecule has 0 aromatic heterocycles. The van der Waals surface area contributed by atoms with Gasteiger partial charge in [-0.2, -0.15) is 8.42 Å². The maximum absolute atomic E-state index is 11.0. The summed E-state index contributed by atoms with van der Waals surface area (Å²) in [5.41, 5.74) is 0.984. The first-order valence-corrected chi connectivity index (χ1v) is 5.34. The van der Waals surface area contributed by atoms with E-state index in [-0.39, 0.29) is 5.75 Å². The summed E-state index contributed by atoms with van der Waals surface area (Å²) in [7, 11) is -4.10. The van der Waals surface area contributed by atoms with Crippen molar-refractivity contribution in [1.29, 1.82) is 0 Å². The van der Waals surface area contributed by atoms with Crippen molar-refractivity contribution in [3.63, 3.8) is 0 Å². The van der Waals surface area contributed by atoms with Crippen LogP contribution < -0.4 is 4.18 Å². The Bertz CT molecular complexity index is 430. The number of hydrogen-bond acceptors (Lipinski definition) is 4. The lowest BCUT2D eigenvalue weighted by atomic mass is 10.2. The molecule has 0 heterocycles. The van der Waals surface area contributed by atoms with Crippen LogP contribution in [0.1, 0.15) is 12.5 Å². The van der Waals surface area contributed by atoms with Crippen molar-refractivity contribution in [3.8, 4) is 5.75 Å². The van der Waals surface area contributed by atoms with Crippen LogP contribution in [0.15, 0.2) is 24.3 Å². The molecule has 0 N–H and O–H groups in total. The van der Waals surface area contributed by atoms with E-state index < -0.39 is 15.2 Å². The molecule has 0 aliphatic heterocycles. The Morgan fingerprint density at radius 2 is 1.71 bits per heavy atom. The molecule has 4 nitrogen and oxygen atoms in total. The first kappa shape index (κ1) is 10.7. The minimum Gasteiger partial charge on any atom is -0.377 e. The monoisotopic (exact) mass is 214 g/mol. The molecule has 0 aliphatic carbocycles. The molecule has 0 atom stereocenters. The third-order valence-corrected chi connectivity index (χ3v) is 2.69. The summed E-state index contributed by atoms with van der Waals surface area (Å²) < 4.78 is 26.6. The van der Waals surface area contributed by atoms with Crippen molar-refractivity contribution in [3.05, 3.63) is 29.8 Å². The molecule has 76 valence electrons. The molecule has 1 aromatic carbocycles. The summed E-state index contributed by atoms with van der Waals surface area (Å²) in [5, 5.41) is -1.00. The summed E-state index contributed by atoms with van der Waals surface area (Å²) in [6.07, 6.45) is 0. The highest BCUT2D eigenvalue weighted by atomic mass is 32.2. The highest BCUT2D eigenvalue weighted by Gasteiger charge is 2.18. The standard InChI is InChI=1S/C9H10O4S/c1-7-3-5-9(6-4-7)13-14(11,12)8(2)10/h3-6H,1-2H3. The van der Waals surface area contributed by atoms with Crippen molar-refractivity contribution >= 4 is 15.2 Å². The van der Waals surface area contributed by atoms with Gasteiger partial charge in [-0.1, -0.05) is 17.7 Å². The van der Waals surface area contributed by atoms with Crippen molar-refractivity contribution in [2.24, 2.45) is 0 Å². The molecule has 1 rings (SSSR count). The number of rotatable bonds is 2. The Hall–Kier alpha value is -1.36. The van der Waals surface area contributed by atoms with Crippen molar-refractivity contribution in [1.82, 2.24) is 0 Å². The molecule has 0 bridgehead atoms. The molecule has 0 saturated heterocycles. The average Bonchev–Trinajstić information content (AvgIpc) is 2.08. The van der Waals surface area contributed by atoms with Gasteiger partial charge in [0.1, 0.15) is 5.75 Å². The van der Waals surface area contributed by atoms with Gasteiger partial charge in [0, 0.05) is 6.92 Å². The molecule has 0 amide bonds. The van der Waals surface area contributed by atoms with Crippen LogP contribution >= 0.6 is 0 Å². The second-order valence-electron chi connectivity index (χ2n) is 2.84. The topological polar surface area (TPSA) is 60.4 Å². The van der Waals surface area contributed by atoms with Crippen LogP contribution in [0.2, 0.25) is 0 Å². The van der Waals surface area contributed by atoms with Gasteiger partial charge in [0.15, 0.2) is 0 Å². The van der Waals surface area contributed by atoms with Gasteiger partial charge in [-0.3, -0.25) is 4.79 Å². The average molecular weight is 214 g/mol. The third-order valence-electron chi connectivity index (χ3n) is 1.58. The van der Waals surface area contributed by atoms with Gasteiger partial charge >= 0.3 is 10.1 Å². The van der Waals surface area contributed by atoms with Crippen LogP contribution in [0, 0.1) is 6.92 Å². The zero-order valence-electron chi connectivity index (χ0n) is 7.85. The van der Waals surface area contributed by atoms with Gasteiger partial charge < -0.3 is 4.18 Å². The third kappa shape index (κ3) is 2.56. The van der Waals surface area contributed by atoms with E-state index >= 15 is 0 Å². The smallest absolute Gasteiger partial charge is 0.373 e. The second-order valence-corrected chi connectivity index (χ2v) is 4.49. The first-order valence-electron chi connectivity index (χ1n) is 3.93. The van der Waals surface area contributed by atoms with Gasteiger partial charge in [0.2, 0.25) is 0 Å². The lowest BCUT2D eigenvalue weighted by molar-refractivity contribution is -0.110. The van der Waals surface area contributed by atoms with E-state index in [9.17, 15) is 13.2 Å². The van der Waals surface area contributed by atoms with Crippen LogP contribution in [-0.4, -0.2) is 13.5 Å². The Morgan fingerprint density at radius 3 is 2.14 bits per heavy atom. The number of hydrogen-bond donors (Lipinski definition) is 0. The van der Waals surface area contributed by atoms with E-state index in [0.717, 1.165) is 12.5 Å². The first-order chi connectivity index (χ1) is 6.42. The summed E-state index contributed by atoms with van der Waals surface area (Å²) in [6.45, 7) is 2.81. The molecule has 0 aliphatic rings. The predicted octanol–water partition coefficient (Wildman–Crippen LogP) is 1.25. The van der Waals surface area contributed by atoms with Crippen LogP contribution in [0.3, 0.4) is 0 Å². The molecular weight excluding hydrogens is 204 g/mol. The van der Waals surface area contributed by atoms with E-state index in [1.54, 1.807) is 12.1 Å². The van der Waals surface area contributed by atoms with Crippen molar-refractivity contribution in [2.45, 2.75) is 13.8 Å². The van der Waals surface area contributed by atoms with E-state index in [1.807, 2.05) is 6.92 Å². The minimum atomic E-state index is -4.10. The molecule has 1 aromatic rings. The molecule has 5 heteroatoms. The van der Waals surface area contributed by atoms with E-state index in [1.165, 1.54) is 12.1 Å². The fraction of sp³-hybridized carbons (Fsp3) is 0.222. The number of carbonyl (C=O) groups is 1. The van der Waals surface area contributed by atoms with Crippen molar-refractivity contribution in [2.75, 3.05) is 0 Å². The Morgan fingerprint density at radius 1 is 1.21 bits per heavy atom. The van der Waals surface area contributed by atoms with Crippen LogP contribution in [0.5, 0.6) is 5.75 Å². The predicted molar refractivity (Wildman–Crippen MR) is 51.4 cm³/mol. The van der Waals surface area contributed by atoms with Crippen LogP contribution in [0.4, 0.5) is 0 Å². The number of aryl methyl sites for hydroxylation is 1. The van der Waals surface area contributed by atoms with Gasteiger partial charge in [0.05, 0.1) is 0 Å². The summed E-state index contributed by atoms with van der Waals surface area (Å²) in [5.74, 6) is 0.144. The second kappa shape index (κ2) is 3.79. The number of carbonyl (C=O) groups excluding carboxylic acids is 1. The largest absolute Gasteiger partial charge is 0.377 e. The Kier molecular flexibility index (Phi) is 2.90. The highest BCUT2D eigenvalue weighted by Crippen LogP contribution is 2.14. The van der Waals surface area contributed by atoms with Crippen LogP contribution in [0.25, 0.3) is 0 Å². The Labute approximate surface area is 82.6 Å². The summed E-state index contributed by atoms with van der Waals surface area (Å²) >= 11 is 0. The normalized spacial score (nSPS) is 11.0. The zero-order valence-corrected chi connectivity index (χ0v) is 8.67. The quantitative estimate of drug-likeness (QED) is 0.695. The minimum absolute atomic E-state index is 0.144. The fourth-order valence-electron chi connectivity index (χ4n) is 0.779. The maximum atomic E-state index is 11.0. The molecule has 0 unspecified atom stereocenters. The summed E-state index contributed by atoms with van der Waals surface area (Å²) in [6, 6.07) is 6.39. The molecule has 0 radical (unpaired) electrons. The lowest BCUT2D eigenvalue weighted by Crippen LogP contribution is -2.17. The van der Waals surface area contributed by atoms with E-state index in [4.69, 9.17) is 0 Å². The fourth-order valence-corrected chi connectivity index (χ4v) is 1.26.